The smallest absolute Gasteiger partial charge is 0.251 e. The van der Waals surface area contributed by atoms with E-state index < -0.39 is 23.4 Å². The lowest BCUT2D eigenvalue weighted by Crippen LogP contribution is -2.37. The standard InChI is InChI=1S/C22H25F2N3O3/c23-18-9-17(10-19(24)11-18)22(30)26-13-21(29)25-12-15-3-1-2-4-16(15)14-27-7-5-20(28)6-8-27/h1-4,9-11,20,28H,5-8,12-14H2,(H,25,29)(H,26,30). The molecule has 2 amide bonds. The minimum atomic E-state index is -0.857. The Labute approximate surface area is 173 Å². The minimum Gasteiger partial charge on any atom is -0.393 e. The molecule has 1 aliphatic heterocycles. The molecule has 0 aliphatic carbocycles. The van der Waals surface area contributed by atoms with Gasteiger partial charge in [0.25, 0.3) is 5.91 Å². The van der Waals surface area contributed by atoms with E-state index >= 15 is 0 Å². The highest BCUT2D eigenvalue weighted by Gasteiger charge is 2.18. The minimum absolute atomic E-state index is 0.183. The second-order valence-electron chi connectivity index (χ2n) is 7.39. The molecular formula is C22H25F2N3O3. The summed E-state index contributed by atoms with van der Waals surface area (Å²) in [7, 11) is 0. The van der Waals surface area contributed by atoms with Gasteiger partial charge in [-0.25, -0.2) is 8.78 Å². The van der Waals surface area contributed by atoms with E-state index in [2.05, 4.69) is 15.5 Å². The fraction of sp³-hybridized carbons (Fsp3) is 0.364. The van der Waals surface area contributed by atoms with Gasteiger partial charge in [0.1, 0.15) is 11.6 Å². The number of carbonyl (C=O) groups is 2. The molecule has 3 N–H and O–H groups in total. The Kier molecular flexibility index (Phi) is 7.48. The van der Waals surface area contributed by atoms with Crippen molar-refractivity contribution >= 4 is 11.8 Å². The van der Waals surface area contributed by atoms with Crippen LogP contribution in [0.3, 0.4) is 0 Å². The number of benzene rings is 2. The molecule has 1 fully saturated rings. The van der Waals surface area contributed by atoms with Crippen molar-refractivity contribution in [2.75, 3.05) is 19.6 Å². The van der Waals surface area contributed by atoms with E-state index in [0.717, 1.165) is 55.7 Å². The number of piperidine rings is 1. The van der Waals surface area contributed by atoms with Crippen LogP contribution in [0.2, 0.25) is 0 Å². The van der Waals surface area contributed by atoms with Crippen LogP contribution in [0.1, 0.15) is 34.3 Å². The van der Waals surface area contributed by atoms with Gasteiger partial charge in [-0.05, 0) is 36.1 Å². The van der Waals surface area contributed by atoms with Gasteiger partial charge in [0.15, 0.2) is 0 Å². The van der Waals surface area contributed by atoms with Crippen molar-refractivity contribution in [3.63, 3.8) is 0 Å². The molecule has 0 unspecified atom stereocenters. The van der Waals surface area contributed by atoms with Gasteiger partial charge in [0.05, 0.1) is 12.6 Å². The zero-order valence-electron chi connectivity index (χ0n) is 16.5. The third-order valence-electron chi connectivity index (χ3n) is 5.08. The lowest BCUT2D eigenvalue weighted by atomic mass is 10.0. The summed E-state index contributed by atoms with van der Waals surface area (Å²) in [4.78, 5) is 26.4. The van der Waals surface area contributed by atoms with Crippen LogP contribution in [0, 0.1) is 11.6 Å². The molecule has 6 nitrogen and oxygen atoms in total. The van der Waals surface area contributed by atoms with Gasteiger partial charge in [-0.15, -0.1) is 0 Å². The quantitative estimate of drug-likeness (QED) is 0.644. The lowest BCUT2D eigenvalue weighted by Gasteiger charge is -2.30. The van der Waals surface area contributed by atoms with Crippen molar-refractivity contribution in [2.24, 2.45) is 0 Å². The summed E-state index contributed by atoms with van der Waals surface area (Å²) in [5, 5.41) is 14.8. The summed E-state index contributed by atoms with van der Waals surface area (Å²) >= 11 is 0. The average molecular weight is 417 g/mol. The predicted octanol–water partition coefficient (Wildman–Crippen LogP) is 1.97. The number of nitrogens with one attached hydrogen (secondary N) is 2. The molecule has 0 bridgehead atoms. The van der Waals surface area contributed by atoms with E-state index in [0.29, 0.717) is 12.6 Å². The molecular weight excluding hydrogens is 392 g/mol. The van der Waals surface area contributed by atoms with Crippen molar-refractivity contribution < 1.29 is 23.5 Å². The first-order valence-electron chi connectivity index (χ1n) is 9.89. The Morgan fingerprint density at radius 1 is 1.00 bits per heavy atom. The summed E-state index contributed by atoms with van der Waals surface area (Å²) in [5.74, 6) is -2.85. The summed E-state index contributed by atoms with van der Waals surface area (Å²) in [6.45, 7) is 2.39. The van der Waals surface area contributed by atoms with E-state index in [1.54, 1.807) is 0 Å². The van der Waals surface area contributed by atoms with Gasteiger partial charge in [0.2, 0.25) is 5.91 Å². The van der Waals surface area contributed by atoms with Crippen LogP contribution in [0.5, 0.6) is 0 Å². The van der Waals surface area contributed by atoms with Gasteiger partial charge in [0, 0.05) is 37.8 Å². The van der Waals surface area contributed by atoms with Crippen molar-refractivity contribution in [3.05, 3.63) is 70.8 Å². The van der Waals surface area contributed by atoms with Crippen molar-refractivity contribution in [3.8, 4) is 0 Å². The Balaban J connectivity index is 1.49. The Morgan fingerprint density at radius 2 is 1.63 bits per heavy atom. The maximum atomic E-state index is 13.2. The monoisotopic (exact) mass is 417 g/mol. The fourth-order valence-corrected chi connectivity index (χ4v) is 3.41. The molecule has 0 spiro atoms. The molecule has 0 atom stereocenters. The molecule has 30 heavy (non-hydrogen) atoms. The topological polar surface area (TPSA) is 81.7 Å². The van der Waals surface area contributed by atoms with Gasteiger partial charge in [-0.3, -0.25) is 14.5 Å². The molecule has 160 valence electrons. The fourth-order valence-electron chi connectivity index (χ4n) is 3.41. The number of nitrogens with zero attached hydrogens (tertiary/aromatic N) is 1. The van der Waals surface area contributed by atoms with Crippen LogP contribution in [-0.2, 0) is 17.9 Å². The predicted molar refractivity (Wildman–Crippen MR) is 107 cm³/mol. The van der Waals surface area contributed by atoms with Crippen LogP contribution < -0.4 is 10.6 Å². The van der Waals surface area contributed by atoms with Gasteiger partial charge in [-0.2, -0.15) is 0 Å². The number of hydrogen-bond acceptors (Lipinski definition) is 4. The molecule has 3 rings (SSSR count). The first kappa shape index (κ1) is 21.9. The Hall–Kier alpha value is -2.84. The first-order valence-corrected chi connectivity index (χ1v) is 9.89. The highest BCUT2D eigenvalue weighted by Crippen LogP contribution is 2.16. The number of aliphatic hydroxyl groups is 1. The largest absolute Gasteiger partial charge is 0.393 e. The van der Waals surface area contributed by atoms with E-state index in [1.165, 1.54) is 0 Å². The number of likely N-dealkylation sites (tertiary alicyclic amines) is 1. The molecule has 0 saturated carbocycles. The van der Waals surface area contributed by atoms with Gasteiger partial charge >= 0.3 is 0 Å². The maximum Gasteiger partial charge on any atom is 0.251 e. The zero-order valence-corrected chi connectivity index (χ0v) is 16.5. The van der Waals surface area contributed by atoms with E-state index in [1.807, 2.05) is 24.3 Å². The molecule has 2 aromatic carbocycles. The third-order valence-corrected chi connectivity index (χ3v) is 5.08. The van der Waals surface area contributed by atoms with Crippen LogP contribution in [0.25, 0.3) is 0 Å². The van der Waals surface area contributed by atoms with Crippen LogP contribution in [0.15, 0.2) is 42.5 Å². The van der Waals surface area contributed by atoms with E-state index in [9.17, 15) is 23.5 Å². The van der Waals surface area contributed by atoms with E-state index in [4.69, 9.17) is 0 Å². The second-order valence-corrected chi connectivity index (χ2v) is 7.39. The number of rotatable bonds is 7. The summed E-state index contributed by atoms with van der Waals surface area (Å²) in [6, 6.07) is 10.3. The van der Waals surface area contributed by atoms with Crippen LogP contribution in [0.4, 0.5) is 8.78 Å². The summed E-state index contributed by atoms with van der Waals surface area (Å²) < 4.78 is 26.4. The molecule has 0 aromatic heterocycles. The lowest BCUT2D eigenvalue weighted by molar-refractivity contribution is -0.120. The van der Waals surface area contributed by atoms with Crippen LogP contribution >= 0.6 is 0 Å². The molecule has 1 heterocycles. The molecule has 2 aromatic rings. The van der Waals surface area contributed by atoms with Crippen molar-refractivity contribution in [2.45, 2.75) is 32.0 Å². The zero-order chi connectivity index (χ0) is 21.5. The molecule has 1 saturated heterocycles. The first-order chi connectivity index (χ1) is 14.4. The number of halogens is 2. The van der Waals surface area contributed by atoms with E-state index in [-0.39, 0.29) is 18.2 Å². The van der Waals surface area contributed by atoms with Crippen molar-refractivity contribution in [1.82, 2.24) is 15.5 Å². The number of carbonyl (C=O) groups excluding carboxylic acids is 2. The summed E-state index contributed by atoms with van der Waals surface area (Å²) in [5.41, 5.74) is 1.88. The SMILES string of the molecule is O=C(CNC(=O)c1cc(F)cc(F)c1)NCc1ccccc1CN1CCC(O)CC1. The highest BCUT2D eigenvalue weighted by molar-refractivity contribution is 5.96. The maximum absolute atomic E-state index is 13.2. The second kappa shape index (κ2) is 10.3. The third kappa shape index (κ3) is 6.33. The van der Waals surface area contributed by atoms with Crippen molar-refractivity contribution in [1.29, 1.82) is 0 Å². The number of aliphatic hydroxyl groups excluding tert-OH is 1. The summed E-state index contributed by atoms with van der Waals surface area (Å²) in [6.07, 6.45) is 1.29. The number of amides is 2. The van der Waals surface area contributed by atoms with Crippen LogP contribution in [-0.4, -0.2) is 47.6 Å². The molecule has 8 heteroatoms. The number of hydrogen-bond donors (Lipinski definition) is 3. The molecule has 0 radical (unpaired) electrons. The molecule has 1 aliphatic rings. The Bertz CT molecular complexity index is 879. The normalized spacial score (nSPS) is 15.0. The average Bonchev–Trinajstić information content (AvgIpc) is 2.72. The van der Waals surface area contributed by atoms with Gasteiger partial charge < -0.3 is 15.7 Å². The van der Waals surface area contributed by atoms with Gasteiger partial charge in [-0.1, -0.05) is 24.3 Å². The highest BCUT2D eigenvalue weighted by atomic mass is 19.1. The Morgan fingerprint density at radius 3 is 2.30 bits per heavy atom.